The highest BCUT2D eigenvalue weighted by atomic mass is 19.4. The summed E-state index contributed by atoms with van der Waals surface area (Å²) in [6, 6.07) is 9.07. The molecule has 1 aliphatic heterocycles. The van der Waals surface area contributed by atoms with E-state index in [2.05, 4.69) is 10.2 Å². The van der Waals surface area contributed by atoms with Gasteiger partial charge in [-0.25, -0.2) is 0 Å². The molecule has 1 saturated carbocycles. The lowest BCUT2D eigenvalue weighted by molar-refractivity contribution is -0.138. The van der Waals surface area contributed by atoms with E-state index >= 15 is 0 Å². The van der Waals surface area contributed by atoms with Crippen LogP contribution in [0, 0.1) is 11.8 Å². The van der Waals surface area contributed by atoms with Gasteiger partial charge in [-0.1, -0.05) is 18.2 Å². The van der Waals surface area contributed by atoms with Crippen LogP contribution in [0.3, 0.4) is 0 Å². The maximum Gasteiger partial charge on any atom is 0.416 e. The molecule has 2 aliphatic rings. The number of likely N-dealkylation sites (tertiary alicyclic amines) is 1. The van der Waals surface area contributed by atoms with Crippen molar-refractivity contribution in [3.63, 3.8) is 0 Å². The lowest BCUT2D eigenvalue weighted by Gasteiger charge is -2.21. The van der Waals surface area contributed by atoms with Crippen molar-refractivity contribution in [1.29, 1.82) is 0 Å². The van der Waals surface area contributed by atoms with Gasteiger partial charge in [0.05, 0.1) is 5.56 Å². The van der Waals surface area contributed by atoms with Crippen molar-refractivity contribution in [2.75, 3.05) is 13.1 Å². The number of fused-ring (bicyclic) bond motifs is 2. The molecule has 1 unspecified atom stereocenters. The van der Waals surface area contributed by atoms with Crippen molar-refractivity contribution in [3.05, 3.63) is 65.1 Å². The lowest BCUT2D eigenvalue weighted by Crippen LogP contribution is -2.31. The molecule has 1 saturated heterocycles. The van der Waals surface area contributed by atoms with Crippen LogP contribution in [0.15, 0.2) is 42.6 Å². The summed E-state index contributed by atoms with van der Waals surface area (Å²) in [5.41, 5.74) is 0.721. The zero-order valence-electron chi connectivity index (χ0n) is 17.3. The number of Topliss-reactive ketones (excluding diaryl/α,β-unsaturated/α-hetero) is 1. The Morgan fingerprint density at radius 1 is 1.00 bits per heavy atom. The van der Waals surface area contributed by atoms with Crippen LogP contribution < -0.4 is 0 Å². The summed E-state index contributed by atoms with van der Waals surface area (Å²) < 4.78 is 41.8. The summed E-state index contributed by atoms with van der Waals surface area (Å²) in [7, 11) is 0. The van der Waals surface area contributed by atoms with E-state index in [0.29, 0.717) is 42.7 Å². The molecule has 1 aliphatic carbocycles. The van der Waals surface area contributed by atoms with Crippen LogP contribution in [-0.4, -0.2) is 44.3 Å². The minimum atomic E-state index is -4.37. The summed E-state index contributed by atoms with van der Waals surface area (Å²) in [5, 5.41) is 8.04. The Labute approximate surface area is 182 Å². The molecular weight excluding hydrogens is 421 g/mol. The molecule has 0 radical (unpaired) electrons. The number of hydrogen-bond donors (Lipinski definition) is 0. The fraction of sp³-hybridized carbons (Fsp3) is 0.391. The maximum absolute atomic E-state index is 13.4. The zero-order chi connectivity index (χ0) is 22.6. The highest BCUT2D eigenvalue weighted by Crippen LogP contribution is 2.49. The number of carbonyl (C=O) groups is 2. The van der Waals surface area contributed by atoms with Crippen molar-refractivity contribution >= 4 is 17.3 Å². The third-order valence-corrected chi connectivity index (χ3v) is 6.74. The second-order valence-corrected chi connectivity index (χ2v) is 8.71. The molecule has 0 spiro atoms. The number of nitrogens with zero attached hydrogens (tertiary/aromatic N) is 4. The Morgan fingerprint density at radius 2 is 1.69 bits per heavy atom. The first-order valence-corrected chi connectivity index (χ1v) is 10.5. The largest absolute Gasteiger partial charge is 0.416 e. The second kappa shape index (κ2) is 7.43. The van der Waals surface area contributed by atoms with Crippen LogP contribution in [-0.2, 0) is 6.18 Å². The molecule has 9 heteroatoms. The summed E-state index contributed by atoms with van der Waals surface area (Å²) >= 11 is 0. The molecule has 0 N–H and O–H groups in total. The van der Waals surface area contributed by atoms with Gasteiger partial charge < -0.3 is 4.90 Å². The van der Waals surface area contributed by atoms with Crippen LogP contribution in [0.5, 0.6) is 0 Å². The van der Waals surface area contributed by atoms with Gasteiger partial charge in [-0.2, -0.15) is 13.2 Å². The van der Waals surface area contributed by atoms with E-state index in [1.165, 1.54) is 17.4 Å². The van der Waals surface area contributed by atoms with Crippen LogP contribution in [0.4, 0.5) is 13.2 Å². The fourth-order valence-electron chi connectivity index (χ4n) is 5.22. The number of pyridine rings is 1. The van der Waals surface area contributed by atoms with Gasteiger partial charge in [-0.3, -0.25) is 14.0 Å². The van der Waals surface area contributed by atoms with Gasteiger partial charge in [0.1, 0.15) is 0 Å². The fourth-order valence-corrected chi connectivity index (χ4v) is 5.22. The number of ketones is 1. The number of aromatic nitrogens is 3. The first-order valence-electron chi connectivity index (χ1n) is 10.5. The van der Waals surface area contributed by atoms with Gasteiger partial charge in [0.2, 0.25) is 5.82 Å². The molecule has 2 fully saturated rings. The summed E-state index contributed by atoms with van der Waals surface area (Å²) in [5.74, 6) is -0.122. The van der Waals surface area contributed by atoms with E-state index in [9.17, 15) is 22.8 Å². The van der Waals surface area contributed by atoms with E-state index in [-0.39, 0.29) is 35.3 Å². The van der Waals surface area contributed by atoms with E-state index in [1.54, 1.807) is 35.4 Å². The van der Waals surface area contributed by atoms with Crippen LogP contribution >= 0.6 is 0 Å². The number of halogens is 3. The topological polar surface area (TPSA) is 67.6 Å². The van der Waals surface area contributed by atoms with Gasteiger partial charge in [0.15, 0.2) is 11.4 Å². The third-order valence-electron chi connectivity index (χ3n) is 6.74. The highest BCUT2D eigenvalue weighted by molar-refractivity contribution is 5.95. The van der Waals surface area contributed by atoms with Crippen molar-refractivity contribution < 1.29 is 22.8 Å². The summed E-state index contributed by atoms with van der Waals surface area (Å²) in [4.78, 5) is 26.5. The normalized spacial score (nSPS) is 23.0. The number of carbonyl (C=O) groups excluding carboxylic acids is 2. The van der Waals surface area contributed by atoms with E-state index in [1.807, 2.05) is 0 Å². The molecule has 1 amide bonds. The van der Waals surface area contributed by atoms with E-state index < -0.39 is 11.7 Å². The number of benzene rings is 1. The minimum absolute atomic E-state index is 0.125. The zero-order valence-corrected chi connectivity index (χ0v) is 17.3. The van der Waals surface area contributed by atoms with Crippen LogP contribution in [0.2, 0.25) is 0 Å². The lowest BCUT2D eigenvalue weighted by atomic mass is 9.91. The van der Waals surface area contributed by atoms with Gasteiger partial charge in [-0.15, -0.1) is 10.2 Å². The molecule has 166 valence electrons. The molecule has 1 aromatic carbocycles. The molecular formula is C23H21F3N4O2. The highest BCUT2D eigenvalue weighted by Gasteiger charge is 2.45. The molecule has 3 atom stereocenters. The van der Waals surface area contributed by atoms with Crippen LogP contribution in [0.1, 0.15) is 57.8 Å². The molecule has 32 heavy (non-hydrogen) atoms. The Bertz CT molecular complexity index is 1210. The molecule has 5 rings (SSSR count). The van der Waals surface area contributed by atoms with Gasteiger partial charge in [0.25, 0.3) is 5.91 Å². The number of rotatable bonds is 3. The monoisotopic (exact) mass is 442 g/mol. The predicted molar refractivity (Wildman–Crippen MR) is 109 cm³/mol. The van der Waals surface area contributed by atoms with Gasteiger partial charge >= 0.3 is 6.18 Å². The smallest absolute Gasteiger partial charge is 0.335 e. The molecule has 6 nitrogen and oxygen atoms in total. The Balaban J connectivity index is 1.34. The van der Waals surface area contributed by atoms with Gasteiger partial charge in [-0.05, 0) is 61.3 Å². The number of hydrogen-bond acceptors (Lipinski definition) is 4. The molecule has 2 aromatic heterocycles. The Hall–Kier alpha value is -3.23. The van der Waals surface area contributed by atoms with Crippen molar-refractivity contribution in [2.45, 2.75) is 31.9 Å². The third kappa shape index (κ3) is 3.45. The summed E-state index contributed by atoms with van der Waals surface area (Å²) in [6.07, 6.45) is -1.57. The van der Waals surface area contributed by atoms with Crippen LogP contribution in [0.25, 0.3) is 5.65 Å². The SMILES string of the molecule is CC(=O)c1ccc2nnc(C(=O)N3C[C@H]4CC(c5ccccc5C(F)(F)F)C[C@H]4C3)n2c1. The molecule has 0 bridgehead atoms. The molecule has 3 heterocycles. The first kappa shape index (κ1) is 20.7. The quantitative estimate of drug-likeness (QED) is 0.570. The average molecular weight is 442 g/mol. The Kier molecular flexibility index (Phi) is 4.79. The van der Waals surface area contributed by atoms with E-state index in [0.717, 1.165) is 6.07 Å². The van der Waals surface area contributed by atoms with Crippen molar-refractivity contribution in [3.8, 4) is 0 Å². The first-order chi connectivity index (χ1) is 15.2. The molecule has 3 aromatic rings. The maximum atomic E-state index is 13.4. The van der Waals surface area contributed by atoms with E-state index in [4.69, 9.17) is 0 Å². The van der Waals surface area contributed by atoms with Gasteiger partial charge in [0, 0.05) is 24.8 Å². The summed E-state index contributed by atoms with van der Waals surface area (Å²) in [6.45, 7) is 2.41. The average Bonchev–Trinajstić information content (AvgIpc) is 3.45. The Morgan fingerprint density at radius 3 is 2.34 bits per heavy atom. The second-order valence-electron chi connectivity index (χ2n) is 8.71. The number of alkyl halides is 3. The minimum Gasteiger partial charge on any atom is -0.335 e. The van der Waals surface area contributed by atoms with Crippen molar-refractivity contribution in [1.82, 2.24) is 19.5 Å². The predicted octanol–water partition coefficient (Wildman–Crippen LogP) is 4.22. The standard InChI is InChI=1S/C23H21F3N4O2/c1-13(31)14-6-7-20-27-28-21(30(20)12-14)22(32)29-10-16-8-15(9-17(16)11-29)18-4-2-3-5-19(18)23(24,25)26/h2-7,12,15-17H,8-11H2,1H3/t15?,16-,17+. The van der Waals surface area contributed by atoms with Crippen molar-refractivity contribution in [2.24, 2.45) is 11.8 Å². The number of amides is 1.